The molecule has 3 heteroatoms. The third-order valence-electron chi connectivity index (χ3n) is 3.03. The van der Waals surface area contributed by atoms with Gasteiger partial charge in [0.1, 0.15) is 5.75 Å². The SMILES string of the molecule is CCOc1ccccc1Oc1ccccc1[C@H](O)CC. The van der Waals surface area contributed by atoms with Crippen molar-refractivity contribution in [1.29, 1.82) is 0 Å². The molecule has 2 rings (SSSR count). The first-order valence-corrected chi connectivity index (χ1v) is 6.93. The highest BCUT2D eigenvalue weighted by molar-refractivity contribution is 5.45. The van der Waals surface area contributed by atoms with Crippen molar-refractivity contribution in [1.82, 2.24) is 0 Å². The summed E-state index contributed by atoms with van der Waals surface area (Å²) in [5.74, 6) is 2.02. The van der Waals surface area contributed by atoms with Gasteiger partial charge in [-0.2, -0.15) is 0 Å². The van der Waals surface area contributed by atoms with Gasteiger partial charge in [0.15, 0.2) is 11.5 Å². The monoisotopic (exact) mass is 272 g/mol. The average Bonchev–Trinajstić information content (AvgIpc) is 2.49. The zero-order chi connectivity index (χ0) is 14.4. The van der Waals surface area contributed by atoms with Crippen molar-refractivity contribution in [2.75, 3.05) is 6.61 Å². The van der Waals surface area contributed by atoms with Gasteiger partial charge in [-0.25, -0.2) is 0 Å². The fourth-order valence-electron chi connectivity index (χ4n) is 2.00. The van der Waals surface area contributed by atoms with Crippen LogP contribution in [-0.4, -0.2) is 11.7 Å². The second kappa shape index (κ2) is 6.96. The number of aliphatic hydroxyl groups is 1. The van der Waals surface area contributed by atoms with Crippen LogP contribution in [0.25, 0.3) is 0 Å². The van der Waals surface area contributed by atoms with Gasteiger partial charge in [-0.3, -0.25) is 0 Å². The molecule has 2 aromatic rings. The molecule has 0 aromatic heterocycles. The fraction of sp³-hybridized carbons (Fsp3) is 0.294. The highest BCUT2D eigenvalue weighted by atomic mass is 16.5. The van der Waals surface area contributed by atoms with Crippen LogP contribution >= 0.6 is 0 Å². The van der Waals surface area contributed by atoms with E-state index in [0.717, 1.165) is 5.56 Å². The van der Waals surface area contributed by atoms with Crippen molar-refractivity contribution in [3.05, 3.63) is 54.1 Å². The van der Waals surface area contributed by atoms with Crippen molar-refractivity contribution >= 4 is 0 Å². The lowest BCUT2D eigenvalue weighted by Crippen LogP contribution is -2.00. The Hall–Kier alpha value is -2.00. The Morgan fingerprint density at radius 3 is 2.15 bits per heavy atom. The van der Waals surface area contributed by atoms with Gasteiger partial charge in [-0.05, 0) is 31.5 Å². The Morgan fingerprint density at radius 1 is 0.900 bits per heavy atom. The van der Waals surface area contributed by atoms with Crippen LogP contribution in [0.4, 0.5) is 0 Å². The molecule has 20 heavy (non-hydrogen) atoms. The zero-order valence-electron chi connectivity index (χ0n) is 11.9. The largest absolute Gasteiger partial charge is 0.490 e. The van der Waals surface area contributed by atoms with E-state index in [4.69, 9.17) is 9.47 Å². The molecule has 0 spiro atoms. The Morgan fingerprint density at radius 2 is 1.50 bits per heavy atom. The van der Waals surface area contributed by atoms with Crippen molar-refractivity contribution in [3.63, 3.8) is 0 Å². The molecule has 0 aliphatic heterocycles. The van der Waals surface area contributed by atoms with Crippen molar-refractivity contribution in [2.24, 2.45) is 0 Å². The summed E-state index contributed by atoms with van der Waals surface area (Å²) in [6.07, 6.45) is 0.124. The quantitative estimate of drug-likeness (QED) is 0.851. The molecule has 106 valence electrons. The van der Waals surface area contributed by atoms with E-state index in [1.54, 1.807) is 0 Å². The zero-order valence-corrected chi connectivity index (χ0v) is 11.9. The molecule has 0 amide bonds. The van der Waals surface area contributed by atoms with E-state index in [0.29, 0.717) is 30.3 Å². The summed E-state index contributed by atoms with van der Waals surface area (Å²) in [7, 11) is 0. The lowest BCUT2D eigenvalue weighted by atomic mass is 10.1. The third-order valence-corrected chi connectivity index (χ3v) is 3.03. The summed E-state index contributed by atoms with van der Waals surface area (Å²) in [6, 6.07) is 15.1. The van der Waals surface area contributed by atoms with Gasteiger partial charge >= 0.3 is 0 Å². The molecule has 3 nitrogen and oxygen atoms in total. The highest BCUT2D eigenvalue weighted by Gasteiger charge is 2.13. The summed E-state index contributed by atoms with van der Waals surface area (Å²) in [4.78, 5) is 0. The maximum atomic E-state index is 10.0. The van der Waals surface area contributed by atoms with Crippen molar-refractivity contribution in [2.45, 2.75) is 26.4 Å². The molecule has 0 heterocycles. The van der Waals surface area contributed by atoms with Gasteiger partial charge in [0, 0.05) is 5.56 Å². The second-order valence-electron chi connectivity index (χ2n) is 4.44. The summed E-state index contributed by atoms with van der Waals surface area (Å²) in [5, 5.41) is 10.0. The first kappa shape index (κ1) is 14.4. The molecule has 0 aliphatic carbocycles. The van der Waals surface area contributed by atoms with Gasteiger partial charge in [-0.1, -0.05) is 37.3 Å². The Labute approximate surface area is 119 Å². The smallest absolute Gasteiger partial charge is 0.169 e. The Bertz CT molecular complexity index is 551. The van der Waals surface area contributed by atoms with Crippen LogP contribution in [0.5, 0.6) is 17.2 Å². The first-order chi connectivity index (χ1) is 9.76. The Balaban J connectivity index is 2.30. The van der Waals surface area contributed by atoms with Gasteiger partial charge in [0.05, 0.1) is 12.7 Å². The van der Waals surface area contributed by atoms with Crippen LogP contribution in [0, 0.1) is 0 Å². The molecule has 0 aliphatic rings. The number of ether oxygens (including phenoxy) is 2. The molecule has 0 radical (unpaired) electrons. The predicted molar refractivity (Wildman–Crippen MR) is 79.4 cm³/mol. The van der Waals surface area contributed by atoms with Crippen LogP contribution in [0.15, 0.2) is 48.5 Å². The number of para-hydroxylation sites is 3. The minimum atomic E-state index is -0.523. The standard InChI is InChI=1S/C17H20O3/c1-3-14(18)13-9-5-6-10-15(13)20-17-12-8-7-11-16(17)19-4-2/h5-12,14,18H,3-4H2,1-2H3/t14-/m1/s1. The minimum Gasteiger partial charge on any atom is -0.490 e. The summed E-state index contributed by atoms with van der Waals surface area (Å²) >= 11 is 0. The number of hydrogen-bond acceptors (Lipinski definition) is 3. The molecule has 0 fully saturated rings. The normalized spacial score (nSPS) is 11.9. The molecule has 0 bridgehead atoms. The number of aliphatic hydroxyl groups excluding tert-OH is 1. The van der Waals surface area contributed by atoms with Gasteiger partial charge in [-0.15, -0.1) is 0 Å². The molecule has 2 aromatic carbocycles. The molecule has 1 N–H and O–H groups in total. The van der Waals surface area contributed by atoms with E-state index >= 15 is 0 Å². The van der Waals surface area contributed by atoms with Gasteiger partial charge < -0.3 is 14.6 Å². The van der Waals surface area contributed by atoms with Crippen LogP contribution in [0.3, 0.4) is 0 Å². The molecule has 1 atom stereocenters. The maximum Gasteiger partial charge on any atom is 0.169 e. The van der Waals surface area contributed by atoms with Crippen LogP contribution in [-0.2, 0) is 0 Å². The van der Waals surface area contributed by atoms with Crippen molar-refractivity contribution in [3.8, 4) is 17.2 Å². The van der Waals surface area contributed by atoms with Crippen LogP contribution in [0.2, 0.25) is 0 Å². The molecule has 0 saturated carbocycles. The van der Waals surface area contributed by atoms with E-state index in [-0.39, 0.29) is 0 Å². The number of hydrogen-bond donors (Lipinski definition) is 1. The molecule has 0 unspecified atom stereocenters. The van der Waals surface area contributed by atoms with Crippen LogP contribution < -0.4 is 9.47 Å². The number of rotatable bonds is 6. The van der Waals surface area contributed by atoms with Gasteiger partial charge in [0.2, 0.25) is 0 Å². The Kier molecular flexibility index (Phi) is 5.02. The highest BCUT2D eigenvalue weighted by Crippen LogP contribution is 2.35. The summed E-state index contributed by atoms with van der Waals surface area (Å²) in [5.41, 5.74) is 0.793. The van der Waals surface area contributed by atoms with E-state index in [1.807, 2.05) is 62.4 Å². The predicted octanol–water partition coefficient (Wildman–Crippen LogP) is 4.32. The lowest BCUT2D eigenvalue weighted by Gasteiger charge is -2.16. The summed E-state index contributed by atoms with van der Waals surface area (Å²) < 4.78 is 11.5. The average molecular weight is 272 g/mol. The summed E-state index contributed by atoms with van der Waals surface area (Å²) in [6.45, 7) is 4.46. The first-order valence-electron chi connectivity index (χ1n) is 6.93. The molecular weight excluding hydrogens is 252 g/mol. The van der Waals surface area contributed by atoms with E-state index in [9.17, 15) is 5.11 Å². The lowest BCUT2D eigenvalue weighted by molar-refractivity contribution is 0.170. The van der Waals surface area contributed by atoms with Gasteiger partial charge in [0.25, 0.3) is 0 Å². The van der Waals surface area contributed by atoms with Crippen molar-refractivity contribution < 1.29 is 14.6 Å². The van der Waals surface area contributed by atoms with E-state index in [1.165, 1.54) is 0 Å². The minimum absolute atomic E-state index is 0.523. The topological polar surface area (TPSA) is 38.7 Å². The fourth-order valence-corrected chi connectivity index (χ4v) is 2.00. The molecule has 0 saturated heterocycles. The molecular formula is C17H20O3. The maximum absolute atomic E-state index is 10.0. The second-order valence-corrected chi connectivity index (χ2v) is 4.44. The third kappa shape index (κ3) is 3.31. The van der Waals surface area contributed by atoms with E-state index in [2.05, 4.69) is 0 Å². The van der Waals surface area contributed by atoms with E-state index < -0.39 is 6.10 Å². The number of benzene rings is 2. The van der Waals surface area contributed by atoms with Crippen LogP contribution in [0.1, 0.15) is 31.9 Å².